The van der Waals surface area contributed by atoms with Crippen LogP contribution in [-0.2, 0) is 10.0 Å². The molecule has 0 heterocycles. The first-order valence-corrected chi connectivity index (χ1v) is 7.21. The van der Waals surface area contributed by atoms with Gasteiger partial charge in [0.1, 0.15) is 0 Å². The quantitative estimate of drug-likeness (QED) is 0.759. The van der Waals surface area contributed by atoms with Gasteiger partial charge in [-0.25, -0.2) is 13.1 Å². The van der Waals surface area contributed by atoms with Crippen LogP contribution in [0.2, 0.25) is 0 Å². The number of aliphatic hydroxyl groups is 1. The largest absolute Gasteiger partial charge is 0.394 e. The molecule has 0 aromatic carbocycles. The molecule has 0 saturated heterocycles. The first-order valence-electron chi connectivity index (χ1n) is 5.55. The second kappa shape index (κ2) is 4.80. The molecule has 1 aliphatic carbocycles. The van der Waals surface area contributed by atoms with Gasteiger partial charge in [0.05, 0.1) is 17.9 Å². The fourth-order valence-corrected chi connectivity index (χ4v) is 3.38. The molecule has 0 radical (unpaired) electrons. The van der Waals surface area contributed by atoms with Crippen molar-refractivity contribution in [3.63, 3.8) is 0 Å². The summed E-state index contributed by atoms with van der Waals surface area (Å²) in [6.07, 6.45) is 3.58. The fraction of sp³-hybridized carbons (Fsp3) is 1.00. The molecule has 2 N–H and O–H groups in total. The minimum absolute atomic E-state index is 0.0726. The molecular weight excluding hydrogens is 214 g/mol. The Morgan fingerprint density at radius 1 is 1.53 bits per heavy atom. The summed E-state index contributed by atoms with van der Waals surface area (Å²) in [6, 6.07) is 0. The maximum atomic E-state index is 11.5. The Labute approximate surface area is 92.1 Å². The third kappa shape index (κ3) is 3.43. The standard InChI is InChI=1S/C10H21NO3S/c1-3-15(13,14)11-10(8-12)6-4-5-9(2)7-10/h9,11-12H,3-8H2,1-2H3. The van der Waals surface area contributed by atoms with Gasteiger partial charge >= 0.3 is 0 Å². The van der Waals surface area contributed by atoms with E-state index >= 15 is 0 Å². The molecule has 0 aromatic rings. The summed E-state index contributed by atoms with van der Waals surface area (Å²) < 4.78 is 25.7. The number of aliphatic hydroxyl groups excluding tert-OH is 1. The highest BCUT2D eigenvalue weighted by molar-refractivity contribution is 7.89. The average Bonchev–Trinajstić information content (AvgIpc) is 2.17. The lowest BCUT2D eigenvalue weighted by Crippen LogP contribution is -2.54. The molecule has 0 bridgehead atoms. The van der Waals surface area contributed by atoms with Crippen molar-refractivity contribution in [2.24, 2.45) is 5.92 Å². The van der Waals surface area contributed by atoms with Crippen molar-refractivity contribution in [3.05, 3.63) is 0 Å². The first-order chi connectivity index (χ1) is 6.93. The van der Waals surface area contributed by atoms with E-state index in [0.717, 1.165) is 25.7 Å². The zero-order valence-corrected chi connectivity index (χ0v) is 10.3. The van der Waals surface area contributed by atoms with Crippen molar-refractivity contribution >= 4 is 10.0 Å². The molecule has 1 rings (SSSR count). The summed E-state index contributed by atoms with van der Waals surface area (Å²) in [4.78, 5) is 0. The summed E-state index contributed by atoms with van der Waals surface area (Å²) in [5, 5.41) is 9.39. The van der Waals surface area contributed by atoms with Crippen LogP contribution in [0.3, 0.4) is 0 Å². The summed E-state index contributed by atoms with van der Waals surface area (Å²) >= 11 is 0. The van der Waals surface area contributed by atoms with Gasteiger partial charge in [-0.05, 0) is 25.7 Å². The second-order valence-corrected chi connectivity index (χ2v) is 6.66. The molecule has 1 saturated carbocycles. The van der Waals surface area contributed by atoms with Gasteiger partial charge in [0.25, 0.3) is 0 Å². The van der Waals surface area contributed by atoms with Crippen molar-refractivity contribution in [2.45, 2.75) is 45.1 Å². The molecule has 1 fully saturated rings. The lowest BCUT2D eigenvalue weighted by atomic mass is 9.78. The van der Waals surface area contributed by atoms with Crippen LogP contribution in [0.1, 0.15) is 39.5 Å². The fourth-order valence-electron chi connectivity index (χ4n) is 2.33. The maximum absolute atomic E-state index is 11.5. The molecule has 2 unspecified atom stereocenters. The number of hydrogen-bond acceptors (Lipinski definition) is 3. The van der Waals surface area contributed by atoms with Gasteiger partial charge in [-0.1, -0.05) is 19.8 Å². The van der Waals surface area contributed by atoms with Gasteiger partial charge in [0, 0.05) is 0 Å². The van der Waals surface area contributed by atoms with E-state index in [-0.39, 0.29) is 12.4 Å². The summed E-state index contributed by atoms with van der Waals surface area (Å²) in [5.74, 6) is 0.550. The van der Waals surface area contributed by atoms with Crippen LogP contribution >= 0.6 is 0 Å². The van der Waals surface area contributed by atoms with E-state index in [2.05, 4.69) is 11.6 Å². The molecular formula is C10H21NO3S. The maximum Gasteiger partial charge on any atom is 0.211 e. The van der Waals surface area contributed by atoms with Crippen LogP contribution in [0.15, 0.2) is 0 Å². The zero-order chi connectivity index (χ0) is 11.5. The first kappa shape index (κ1) is 12.9. The van der Waals surface area contributed by atoms with Gasteiger partial charge < -0.3 is 5.11 Å². The Kier molecular flexibility index (Phi) is 4.14. The predicted molar refractivity (Wildman–Crippen MR) is 60.0 cm³/mol. The number of rotatable bonds is 4. The Balaban J connectivity index is 2.76. The van der Waals surface area contributed by atoms with E-state index in [1.54, 1.807) is 6.92 Å². The van der Waals surface area contributed by atoms with E-state index in [0.29, 0.717) is 5.92 Å². The van der Waals surface area contributed by atoms with Crippen LogP contribution < -0.4 is 4.72 Å². The van der Waals surface area contributed by atoms with Crippen LogP contribution in [0.5, 0.6) is 0 Å². The Morgan fingerprint density at radius 3 is 2.67 bits per heavy atom. The van der Waals surface area contributed by atoms with Gasteiger partial charge in [-0.3, -0.25) is 0 Å². The molecule has 0 spiro atoms. The summed E-state index contributed by atoms with van der Waals surface area (Å²) in [5.41, 5.74) is -0.605. The summed E-state index contributed by atoms with van der Waals surface area (Å²) in [7, 11) is -3.22. The van der Waals surface area contributed by atoms with Crippen LogP contribution in [0, 0.1) is 5.92 Å². The second-order valence-electron chi connectivity index (χ2n) is 4.65. The molecule has 15 heavy (non-hydrogen) atoms. The zero-order valence-electron chi connectivity index (χ0n) is 9.49. The van der Waals surface area contributed by atoms with Gasteiger partial charge in [0.15, 0.2) is 0 Å². The predicted octanol–water partition coefficient (Wildman–Crippen LogP) is 0.867. The highest BCUT2D eigenvalue weighted by Gasteiger charge is 2.37. The molecule has 0 amide bonds. The van der Waals surface area contributed by atoms with Crippen LogP contribution in [0.25, 0.3) is 0 Å². The van der Waals surface area contributed by atoms with Crippen molar-refractivity contribution in [3.8, 4) is 0 Å². The lowest BCUT2D eigenvalue weighted by molar-refractivity contribution is 0.120. The van der Waals surface area contributed by atoms with Gasteiger partial charge in [0.2, 0.25) is 10.0 Å². The molecule has 1 aliphatic rings. The normalized spacial score (nSPS) is 32.9. The Bertz CT molecular complexity index is 302. The third-order valence-corrected chi connectivity index (χ3v) is 4.65. The third-order valence-electron chi connectivity index (χ3n) is 3.15. The van der Waals surface area contributed by atoms with E-state index in [9.17, 15) is 13.5 Å². The number of hydrogen-bond donors (Lipinski definition) is 2. The minimum Gasteiger partial charge on any atom is -0.394 e. The van der Waals surface area contributed by atoms with Crippen LogP contribution in [-0.4, -0.2) is 31.4 Å². The number of sulfonamides is 1. The van der Waals surface area contributed by atoms with E-state index in [1.165, 1.54) is 0 Å². The molecule has 90 valence electrons. The van der Waals surface area contributed by atoms with E-state index in [1.807, 2.05) is 0 Å². The molecule has 0 aromatic heterocycles. The van der Waals surface area contributed by atoms with Crippen molar-refractivity contribution in [1.29, 1.82) is 0 Å². The van der Waals surface area contributed by atoms with Crippen molar-refractivity contribution in [2.75, 3.05) is 12.4 Å². The molecule has 5 heteroatoms. The van der Waals surface area contributed by atoms with E-state index < -0.39 is 15.6 Å². The summed E-state index contributed by atoms with van der Waals surface area (Å²) in [6.45, 7) is 3.61. The van der Waals surface area contributed by atoms with Crippen molar-refractivity contribution < 1.29 is 13.5 Å². The Morgan fingerprint density at radius 2 is 2.20 bits per heavy atom. The Hall–Kier alpha value is -0.130. The monoisotopic (exact) mass is 235 g/mol. The molecule has 4 nitrogen and oxygen atoms in total. The van der Waals surface area contributed by atoms with Gasteiger partial charge in [-0.15, -0.1) is 0 Å². The number of nitrogens with one attached hydrogen (secondary N) is 1. The lowest BCUT2D eigenvalue weighted by Gasteiger charge is -2.38. The molecule has 0 aliphatic heterocycles. The van der Waals surface area contributed by atoms with Crippen molar-refractivity contribution in [1.82, 2.24) is 4.72 Å². The smallest absolute Gasteiger partial charge is 0.211 e. The average molecular weight is 235 g/mol. The SMILES string of the molecule is CCS(=O)(=O)NC1(CO)CCCC(C)C1. The highest BCUT2D eigenvalue weighted by atomic mass is 32.2. The highest BCUT2D eigenvalue weighted by Crippen LogP contribution is 2.32. The molecule has 2 atom stereocenters. The topological polar surface area (TPSA) is 66.4 Å². The van der Waals surface area contributed by atoms with E-state index in [4.69, 9.17) is 0 Å². The minimum atomic E-state index is -3.22. The van der Waals surface area contributed by atoms with Gasteiger partial charge in [-0.2, -0.15) is 0 Å². The van der Waals surface area contributed by atoms with Crippen LogP contribution in [0.4, 0.5) is 0 Å².